The minimum Gasteiger partial charge on any atom is -0.478 e. The van der Waals surface area contributed by atoms with Crippen LogP contribution in [0.15, 0.2) is 36.0 Å². The summed E-state index contributed by atoms with van der Waals surface area (Å²) in [5, 5.41) is 8.91. The van der Waals surface area contributed by atoms with Crippen molar-refractivity contribution in [2.45, 2.75) is 84.3 Å². The Morgan fingerprint density at radius 2 is 1.80 bits per heavy atom. The van der Waals surface area contributed by atoms with Crippen molar-refractivity contribution in [3.05, 3.63) is 36.0 Å². The van der Waals surface area contributed by atoms with E-state index in [0.29, 0.717) is 18.8 Å². The average Bonchev–Trinajstić information content (AvgIpc) is 2.96. The molecule has 0 radical (unpaired) electrons. The van der Waals surface area contributed by atoms with Crippen molar-refractivity contribution in [3.63, 3.8) is 0 Å². The van der Waals surface area contributed by atoms with Crippen molar-refractivity contribution in [2.24, 2.45) is 5.92 Å². The van der Waals surface area contributed by atoms with Crippen LogP contribution >= 0.6 is 0 Å². The lowest BCUT2D eigenvalue weighted by Crippen LogP contribution is -2.29. The highest BCUT2D eigenvalue weighted by atomic mass is 17.2. The Morgan fingerprint density at radius 1 is 1.16 bits per heavy atom. The molecule has 4 heteroatoms. The van der Waals surface area contributed by atoms with Gasteiger partial charge in [-0.05, 0) is 51.0 Å². The number of carboxylic acid groups (broad SMARTS) is 1. The second-order valence-corrected chi connectivity index (χ2v) is 7.05. The summed E-state index contributed by atoms with van der Waals surface area (Å²) in [7, 11) is 0. The summed E-state index contributed by atoms with van der Waals surface area (Å²) in [6.07, 6.45) is 14.7. The minimum absolute atomic E-state index is 0.490. The van der Waals surface area contributed by atoms with Gasteiger partial charge in [-0.25, -0.2) is 14.6 Å². The van der Waals surface area contributed by atoms with Crippen molar-refractivity contribution in [2.75, 3.05) is 0 Å². The zero-order chi connectivity index (χ0) is 18.9. The zero-order valence-electron chi connectivity index (χ0n) is 16.4. The maximum atomic E-state index is 10.9. The second kappa shape index (κ2) is 9.93. The molecule has 1 aliphatic heterocycles. The van der Waals surface area contributed by atoms with Gasteiger partial charge in [0.15, 0.2) is 0 Å². The number of hydrogen-bond donors (Lipinski definition) is 1. The Labute approximate surface area is 152 Å². The summed E-state index contributed by atoms with van der Waals surface area (Å²) in [5.41, 5.74) is 0.125. The van der Waals surface area contributed by atoms with Crippen LogP contribution in [0.5, 0.6) is 0 Å². The van der Waals surface area contributed by atoms with Gasteiger partial charge >= 0.3 is 5.97 Å². The Morgan fingerprint density at radius 3 is 2.32 bits per heavy atom. The van der Waals surface area contributed by atoms with Gasteiger partial charge in [-0.3, -0.25) is 0 Å². The van der Waals surface area contributed by atoms with Crippen LogP contribution in [0.4, 0.5) is 0 Å². The fourth-order valence-electron chi connectivity index (χ4n) is 3.30. The smallest absolute Gasteiger partial charge is 0.328 e. The first-order chi connectivity index (χ1) is 11.8. The third kappa shape index (κ3) is 6.44. The van der Waals surface area contributed by atoms with Crippen LogP contribution in [0, 0.1) is 5.92 Å². The summed E-state index contributed by atoms with van der Waals surface area (Å²) < 4.78 is 0. The van der Waals surface area contributed by atoms with Gasteiger partial charge in [0.2, 0.25) is 0 Å². The molecule has 3 atom stereocenters. The fourth-order valence-corrected chi connectivity index (χ4v) is 3.30. The molecule has 1 aliphatic rings. The predicted molar refractivity (Wildman–Crippen MR) is 101 cm³/mol. The van der Waals surface area contributed by atoms with E-state index in [1.165, 1.54) is 5.57 Å². The molecule has 0 aliphatic carbocycles. The molecule has 0 aromatic rings. The summed E-state index contributed by atoms with van der Waals surface area (Å²) in [6.45, 7) is 10.6. The number of carbonyl (C=O) groups is 1. The first-order valence-corrected chi connectivity index (χ1v) is 9.48. The molecular weight excluding hydrogens is 316 g/mol. The van der Waals surface area contributed by atoms with E-state index >= 15 is 0 Å². The summed E-state index contributed by atoms with van der Waals surface area (Å²) in [5.74, 6) is -0.430. The van der Waals surface area contributed by atoms with Crippen molar-refractivity contribution in [1.82, 2.24) is 0 Å². The third-order valence-electron chi connectivity index (χ3n) is 4.96. The molecule has 1 N–H and O–H groups in total. The monoisotopic (exact) mass is 350 g/mol. The van der Waals surface area contributed by atoms with Crippen molar-refractivity contribution < 1.29 is 19.7 Å². The molecule has 1 saturated heterocycles. The van der Waals surface area contributed by atoms with Crippen molar-refractivity contribution in [3.8, 4) is 0 Å². The van der Waals surface area contributed by atoms with E-state index in [1.807, 2.05) is 6.92 Å². The molecule has 0 spiro atoms. The van der Waals surface area contributed by atoms with Crippen molar-refractivity contribution in [1.29, 1.82) is 0 Å². The highest BCUT2D eigenvalue weighted by Crippen LogP contribution is 2.43. The summed E-state index contributed by atoms with van der Waals surface area (Å²) in [4.78, 5) is 22.3. The standard InChI is InChI=1S/C21H34O4/c1-6-10-11-18(7-2)14-17(5)15-21(9-4)16-20(8-3,24-25-21)13-12-19(22)23/h10-13,15,18H,6-9,14,16H2,1-5H3,(H,22,23). The number of carboxylic acids is 1. The molecule has 1 fully saturated rings. The number of hydrogen-bond acceptors (Lipinski definition) is 3. The highest BCUT2D eigenvalue weighted by Gasteiger charge is 2.47. The van der Waals surface area contributed by atoms with E-state index in [-0.39, 0.29) is 0 Å². The maximum absolute atomic E-state index is 10.9. The molecular formula is C21H34O4. The zero-order valence-corrected chi connectivity index (χ0v) is 16.4. The highest BCUT2D eigenvalue weighted by molar-refractivity contribution is 5.79. The molecule has 4 nitrogen and oxygen atoms in total. The lowest BCUT2D eigenvalue weighted by molar-refractivity contribution is -0.333. The molecule has 25 heavy (non-hydrogen) atoms. The molecule has 3 unspecified atom stereocenters. The number of aliphatic carboxylic acids is 1. The van der Waals surface area contributed by atoms with Crippen LogP contribution in [-0.4, -0.2) is 22.3 Å². The van der Waals surface area contributed by atoms with E-state index in [4.69, 9.17) is 14.9 Å². The molecule has 0 aromatic heterocycles. The first-order valence-electron chi connectivity index (χ1n) is 9.48. The molecule has 0 bridgehead atoms. The van der Waals surface area contributed by atoms with E-state index < -0.39 is 17.2 Å². The van der Waals surface area contributed by atoms with Crippen LogP contribution in [0.1, 0.15) is 73.1 Å². The van der Waals surface area contributed by atoms with E-state index in [2.05, 4.69) is 45.9 Å². The Bertz CT molecular complexity index is 520. The lowest BCUT2D eigenvalue weighted by Gasteiger charge is -2.23. The molecule has 0 amide bonds. The van der Waals surface area contributed by atoms with Crippen LogP contribution in [0.3, 0.4) is 0 Å². The average molecular weight is 350 g/mol. The molecule has 0 saturated carbocycles. The van der Waals surface area contributed by atoms with Crippen LogP contribution < -0.4 is 0 Å². The summed E-state index contributed by atoms with van der Waals surface area (Å²) >= 11 is 0. The normalized spacial score (nSPS) is 28.9. The van der Waals surface area contributed by atoms with Gasteiger partial charge in [-0.15, -0.1) is 0 Å². The van der Waals surface area contributed by atoms with Crippen LogP contribution in [0.25, 0.3) is 0 Å². The maximum Gasteiger partial charge on any atom is 0.328 e. The lowest BCUT2D eigenvalue weighted by atomic mass is 9.82. The van der Waals surface area contributed by atoms with Gasteiger partial charge in [0.25, 0.3) is 0 Å². The molecule has 142 valence electrons. The van der Waals surface area contributed by atoms with E-state index in [1.54, 1.807) is 6.08 Å². The Kier molecular flexibility index (Phi) is 8.60. The topological polar surface area (TPSA) is 55.8 Å². The van der Waals surface area contributed by atoms with E-state index in [0.717, 1.165) is 31.8 Å². The largest absolute Gasteiger partial charge is 0.478 e. The minimum atomic E-state index is -0.967. The SMILES string of the molecule is CCC=CC(CC)CC(C)=CC1(CC)CC(C=CC(=O)O)(CC)OO1. The second-order valence-electron chi connectivity index (χ2n) is 7.05. The first kappa shape index (κ1) is 21.7. The predicted octanol–water partition coefficient (Wildman–Crippen LogP) is 5.61. The van der Waals surface area contributed by atoms with Gasteiger partial charge in [-0.1, -0.05) is 51.5 Å². The van der Waals surface area contributed by atoms with Gasteiger partial charge in [0, 0.05) is 12.5 Å². The molecule has 0 aromatic carbocycles. The van der Waals surface area contributed by atoms with Crippen molar-refractivity contribution >= 4 is 5.97 Å². The van der Waals surface area contributed by atoms with Gasteiger partial charge in [0.05, 0.1) is 0 Å². The summed E-state index contributed by atoms with van der Waals surface area (Å²) in [6, 6.07) is 0. The van der Waals surface area contributed by atoms with Crippen LogP contribution in [-0.2, 0) is 14.6 Å². The third-order valence-corrected chi connectivity index (χ3v) is 4.96. The molecule has 1 heterocycles. The molecule has 1 rings (SSSR count). The fraction of sp³-hybridized carbons (Fsp3) is 0.667. The van der Waals surface area contributed by atoms with E-state index in [9.17, 15) is 4.79 Å². The number of rotatable bonds is 10. The van der Waals surface area contributed by atoms with Gasteiger partial charge < -0.3 is 5.11 Å². The number of allylic oxidation sites excluding steroid dienone is 3. The Balaban J connectivity index is 2.92. The quantitative estimate of drug-likeness (QED) is 0.316. The Hall–Kier alpha value is -1.39. The van der Waals surface area contributed by atoms with Gasteiger partial charge in [0.1, 0.15) is 11.2 Å². The van der Waals surface area contributed by atoms with Crippen LogP contribution in [0.2, 0.25) is 0 Å². The van der Waals surface area contributed by atoms with Gasteiger partial charge in [-0.2, -0.15) is 0 Å².